The van der Waals surface area contributed by atoms with Crippen LogP contribution in [0.1, 0.15) is 0 Å². The number of benzene rings is 1. The third-order valence-corrected chi connectivity index (χ3v) is 3.34. The van der Waals surface area contributed by atoms with Crippen molar-refractivity contribution in [3.8, 4) is 11.6 Å². The molecule has 0 saturated carbocycles. The first-order chi connectivity index (χ1) is 8.97. The third kappa shape index (κ3) is 3.21. The molecule has 0 aliphatic heterocycles. The highest BCUT2D eigenvalue weighted by Gasteiger charge is 2.16. The standard InChI is InChI=1S/C11H7Br2N3O3/c12-8-3-7(16(17)18)4-9(13)11(8)19-10-2-1-6(14)5-15-10/h1-5H,14H2. The molecular weight excluding hydrogens is 382 g/mol. The Morgan fingerprint density at radius 3 is 2.37 bits per heavy atom. The number of pyridine rings is 1. The van der Waals surface area contributed by atoms with Crippen molar-refractivity contribution >= 4 is 43.2 Å². The fourth-order valence-corrected chi connectivity index (χ4v) is 2.63. The Balaban J connectivity index is 2.35. The van der Waals surface area contributed by atoms with Crippen LogP contribution in [0.25, 0.3) is 0 Å². The molecule has 1 aromatic heterocycles. The molecule has 2 N–H and O–H groups in total. The summed E-state index contributed by atoms with van der Waals surface area (Å²) in [6.45, 7) is 0. The average molecular weight is 389 g/mol. The van der Waals surface area contributed by atoms with Crippen molar-refractivity contribution in [2.24, 2.45) is 0 Å². The summed E-state index contributed by atoms with van der Waals surface area (Å²) in [5.74, 6) is 0.743. The Kier molecular flexibility index (Phi) is 4.01. The van der Waals surface area contributed by atoms with Crippen LogP contribution in [0.15, 0.2) is 39.4 Å². The van der Waals surface area contributed by atoms with Crippen LogP contribution in [-0.2, 0) is 0 Å². The lowest BCUT2D eigenvalue weighted by Gasteiger charge is -2.09. The number of nitro benzene ring substituents is 1. The summed E-state index contributed by atoms with van der Waals surface area (Å²) in [6, 6.07) is 5.97. The van der Waals surface area contributed by atoms with Gasteiger partial charge < -0.3 is 10.5 Å². The van der Waals surface area contributed by atoms with Crippen molar-refractivity contribution in [3.05, 3.63) is 49.5 Å². The van der Waals surface area contributed by atoms with Gasteiger partial charge in [0.1, 0.15) is 0 Å². The summed E-state index contributed by atoms with van der Waals surface area (Å²) >= 11 is 6.45. The monoisotopic (exact) mass is 387 g/mol. The minimum atomic E-state index is -0.485. The van der Waals surface area contributed by atoms with Crippen LogP contribution in [-0.4, -0.2) is 9.91 Å². The predicted octanol–water partition coefficient (Wildman–Crippen LogP) is 3.89. The normalized spacial score (nSPS) is 10.2. The largest absolute Gasteiger partial charge is 0.437 e. The number of non-ortho nitro benzene ring substituents is 1. The molecule has 0 amide bonds. The van der Waals surface area contributed by atoms with E-state index in [0.717, 1.165) is 0 Å². The number of nitrogens with two attached hydrogens (primary N) is 1. The molecule has 1 aromatic carbocycles. The van der Waals surface area contributed by atoms with Crippen LogP contribution < -0.4 is 10.5 Å². The zero-order valence-electron chi connectivity index (χ0n) is 9.34. The number of hydrogen-bond donors (Lipinski definition) is 1. The average Bonchev–Trinajstić information content (AvgIpc) is 2.35. The van der Waals surface area contributed by atoms with Crippen molar-refractivity contribution in [3.63, 3.8) is 0 Å². The topological polar surface area (TPSA) is 91.3 Å². The van der Waals surface area contributed by atoms with E-state index in [9.17, 15) is 10.1 Å². The van der Waals surface area contributed by atoms with Gasteiger partial charge in [0.05, 0.1) is 25.8 Å². The Morgan fingerprint density at radius 2 is 1.89 bits per heavy atom. The molecule has 0 unspecified atom stereocenters. The van der Waals surface area contributed by atoms with Gasteiger partial charge in [0.25, 0.3) is 5.69 Å². The first-order valence-corrected chi connectivity index (χ1v) is 6.59. The molecule has 0 bridgehead atoms. The molecule has 0 spiro atoms. The molecule has 8 heteroatoms. The van der Waals surface area contributed by atoms with Crippen LogP contribution in [0.5, 0.6) is 11.6 Å². The number of anilines is 1. The van der Waals surface area contributed by atoms with E-state index in [1.807, 2.05) is 0 Å². The molecule has 19 heavy (non-hydrogen) atoms. The summed E-state index contributed by atoms with van der Waals surface area (Å²) in [7, 11) is 0. The Morgan fingerprint density at radius 1 is 1.26 bits per heavy atom. The van der Waals surface area contributed by atoms with Gasteiger partial charge in [-0.1, -0.05) is 0 Å². The van der Waals surface area contributed by atoms with Crippen LogP contribution in [0, 0.1) is 10.1 Å². The van der Waals surface area contributed by atoms with Gasteiger partial charge in [0, 0.05) is 18.2 Å². The quantitative estimate of drug-likeness (QED) is 0.636. The van der Waals surface area contributed by atoms with Crippen LogP contribution >= 0.6 is 31.9 Å². The number of rotatable bonds is 3. The fourth-order valence-electron chi connectivity index (χ4n) is 1.31. The summed E-state index contributed by atoms with van der Waals surface area (Å²) in [5.41, 5.74) is 6.00. The van der Waals surface area contributed by atoms with E-state index in [2.05, 4.69) is 36.8 Å². The molecule has 0 atom stereocenters. The molecule has 2 rings (SSSR count). The number of halogens is 2. The van der Waals surface area contributed by atoms with Gasteiger partial charge in [-0.2, -0.15) is 0 Å². The van der Waals surface area contributed by atoms with Gasteiger partial charge in [-0.05, 0) is 37.9 Å². The fraction of sp³-hybridized carbons (Fsp3) is 0. The summed E-state index contributed by atoms with van der Waals surface area (Å²) in [6.07, 6.45) is 1.46. The lowest BCUT2D eigenvalue weighted by Crippen LogP contribution is -1.94. The number of nitro groups is 1. The first kappa shape index (κ1) is 13.8. The second-order valence-corrected chi connectivity index (χ2v) is 5.24. The van der Waals surface area contributed by atoms with E-state index in [1.165, 1.54) is 18.3 Å². The van der Waals surface area contributed by atoms with Crippen LogP contribution in [0.4, 0.5) is 11.4 Å². The number of nitrogen functional groups attached to an aromatic ring is 1. The zero-order valence-corrected chi connectivity index (χ0v) is 12.5. The Hall–Kier alpha value is -1.67. The maximum Gasteiger partial charge on any atom is 0.271 e. The van der Waals surface area contributed by atoms with E-state index in [0.29, 0.717) is 26.3 Å². The highest BCUT2D eigenvalue weighted by atomic mass is 79.9. The summed E-state index contributed by atoms with van der Waals surface area (Å²) < 4.78 is 6.45. The van der Waals surface area contributed by atoms with Gasteiger partial charge >= 0.3 is 0 Å². The molecule has 0 saturated heterocycles. The minimum Gasteiger partial charge on any atom is -0.437 e. The van der Waals surface area contributed by atoms with Crippen molar-refractivity contribution in [2.75, 3.05) is 5.73 Å². The lowest BCUT2D eigenvalue weighted by atomic mass is 10.3. The van der Waals surface area contributed by atoms with Crippen molar-refractivity contribution in [1.29, 1.82) is 0 Å². The Bertz CT molecular complexity index is 609. The highest BCUT2D eigenvalue weighted by Crippen LogP contribution is 2.39. The van der Waals surface area contributed by atoms with E-state index in [4.69, 9.17) is 10.5 Å². The molecule has 98 valence electrons. The molecule has 0 aliphatic carbocycles. The molecule has 1 heterocycles. The molecule has 2 aromatic rings. The summed E-state index contributed by atoms with van der Waals surface area (Å²) in [5, 5.41) is 10.7. The van der Waals surface area contributed by atoms with E-state index in [1.54, 1.807) is 12.1 Å². The van der Waals surface area contributed by atoms with Gasteiger partial charge in [-0.25, -0.2) is 4.98 Å². The van der Waals surface area contributed by atoms with Gasteiger partial charge in [0.15, 0.2) is 5.75 Å². The molecule has 0 fully saturated rings. The molecule has 6 nitrogen and oxygen atoms in total. The van der Waals surface area contributed by atoms with Crippen molar-refractivity contribution < 1.29 is 9.66 Å². The molecule has 0 radical (unpaired) electrons. The third-order valence-electron chi connectivity index (χ3n) is 2.16. The Labute approximate surface area is 125 Å². The van der Waals surface area contributed by atoms with E-state index < -0.39 is 4.92 Å². The van der Waals surface area contributed by atoms with Crippen LogP contribution in [0.2, 0.25) is 0 Å². The number of ether oxygens (including phenoxy) is 1. The maximum absolute atomic E-state index is 10.7. The maximum atomic E-state index is 10.7. The van der Waals surface area contributed by atoms with Gasteiger partial charge in [-0.3, -0.25) is 10.1 Å². The van der Waals surface area contributed by atoms with Crippen molar-refractivity contribution in [1.82, 2.24) is 4.98 Å². The molecule has 0 aliphatic rings. The zero-order chi connectivity index (χ0) is 14.0. The molecular formula is C11H7Br2N3O3. The van der Waals surface area contributed by atoms with Gasteiger partial charge in [0.2, 0.25) is 5.88 Å². The lowest BCUT2D eigenvalue weighted by molar-refractivity contribution is -0.385. The smallest absolute Gasteiger partial charge is 0.271 e. The summed E-state index contributed by atoms with van der Waals surface area (Å²) in [4.78, 5) is 14.2. The number of nitrogens with zero attached hydrogens (tertiary/aromatic N) is 2. The second-order valence-electron chi connectivity index (χ2n) is 3.53. The first-order valence-electron chi connectivity index (χ1n) is 5.00. The number of aromatic nitrogens is 1. The highest BCUT2D eigenvalue weighted by molar-refractivity contribution is 9.11. The SMILES string of the molecule is Nc1ccc(Oc2c(Br)cc([N+](=O)[O-])cc2Br)nc1. The number of hydrogen-bond acceptors (Lipinski definition) is 5. The van der Waals surface area contributed by atoms with E-state index in [-0.39, 0.29) is 5.69 Å². The second kappa shape index (κ2) is 5.54. The van der Waals surface area contributed by atoms with E-state index >= 15 is 0 Å². The van der Waals surface area contributed by atoms with Crippen LogP contribution in [0.3, 0.4) is 0 Å². The minimum absolute atomic E-state index is 0.0450. The van der Waals surface area contributed by atoms with Gasteiger partial charge in [-0.15, -0.1) is 0 Å². The predicted molar refractivity (Wildman–Crippen MR) is 77.2 cm³/mol. The van der Waals surface area contributed by atoms with Crippen molar-refractivity contribution in [2.45, 2.75) is 0 Å².